The Hall–Kier alpha value is -1.47. The maximum Gasteiger partial charge on any atom is 0.315 e. The lowest BCUT2D eigenvalue weighted by molar-refractivity contribution is -0.140. The number of nitrogens with zero attached hydrogens (tertiary/aromatic N) is 2. The first-order chi connectivity index (χ1) is 8.26. The first-order valence-electron chi connectivity index (χ1n) is 5.21. The van der Waals surface area contributed by atoms with E-state index < -0.39 is 5.97 Å². The third-order valence-corrected chi connectivity index (χ3v) is 1.94. The van der Waals surface area contributed by atoms with E-state index in [-0.39, 0.29) is 12.3 Å². The zero-order valence-electron chi connectivity index (χ0n) is 9.97. The molecule has 0 unspecified atom stereocenters. The van der Waals surface area contributed by atoms with Gasteiger partial charge < -0.3 is 18.7 Å². The van der Waals surface area contributed by atoms with Crippen LogP contribution in [0.1, 0.15) is 11.7 Å². The van der Waals surface area contributed by atoms with Crippen molar-refractivity contribution in [3.63, 3.8) is 0 Å². The van der Waals surface area contributed by atoms with Crippen LogP contribution >= 0.6 is 0 Å². The van der Waals surface area contributed by atoms with Crippen LogP contribution in [0, 0.1) is 0 Å². The predicted molar refractivity (Wildman–Crippen MR) is 56.4 cm³/mol. The van der Waals surface area contributed by atoms with Crippen molar-refractivity contribution >= 4 is 5.97 Å². The summed E-state index contributed by atoms with van der Waals surface area (Å²) in [6.07, 6.45) is 0.530. The third kappa shape index (κ3) is 5.41. The van der Waals surface area contributed by atoms with Gasteiger partial charge in [0.1, 0.15) is 6.42 Å². The summed E-state index contributed by atoms with van der Waals surface area (Å²) in [4.78, 5) is 15.0. The molecule has 0 fully saturated rings. The minimum Gasteiger partial charge on any atom is -0.469 e. The fourth-order valence-corrected chi connectivity index (χ4v) is 1.07. The number of carbonyl (C=O) groups excluding carboxylic acids is 1. The molecule has 0 amide bonds. The van der Waals surface area contributed by atoms with Crippen molar-refractivity contribution in [2.24, 2.45) is 0 Å². The Morgan fingerprint density at radius 1 is 1.29 bits per heavy atom. The van der Waals surface area contributed by atoms with E-state index in [9.17, 15) is 4.79 Å². The van der Waals surface area contributed by atoms with E-state index in [2.05, 4.69) is 14.9 Å². The van der Waals surface area contributed by atoms with Crippen LogP contribution in [0.15, 0.2) is 4.52 Å². The Bertz CT molecular complexity index is 339. The Labute approximate surface area is 99.0 Å². The van der Waals surface area contributed by atoms with Crippen LogP contribution in [0.4, 0.5) is 0 Å². The van der Waals surface area contributed by atoms with Gasteiger partial charge in [-0.25, -0.2) is 0 Å². The zero-order chi connectivity index (χ0) is 12.5. The SMILES string of the molecule is COCCOCCc1noc(CC(=O)OC)n1. The summed E-state index contributed by atoms with van der Waals surface area (Å²) in [6, 6.07) is 0. The first-order valence-corrected chi connectivity index (χ1v) is 5.21. The van der Waals surface area contributed by atoms with Crippen LogP contribution in [0.25, 0.3) is 0 Å². The predicted octanol–water partition coefficient (Wildman–Crippen LogP) is -0.00940. The van der Waals surface area contributed by atoms with Crippen LogP contribution in [0.2, 0.25) is 0 Å². The van der Waals surface area contributed by atoms with Gasteiger partial charge in [-0.05, 0) is 0 Å². The van der Waals surface area contributed by atoms with E-state index in [1.54, 1.807) is 7.11 Å². The molecule has 1 heterocycles. The number of hydrogen-bond acceptors (Lipinski definition) is 7. The van der Waals surface area contributed by atoms with Crippen molar-refractivity contribution in [3.8, 4) is 0 Å². The molecule has 7 heteroatoms. The molecule has 0 aliphatic heterocycles. The van der Waals surface area contributed by atoms with Gasteiger partial charge in [0.2, 0.25) is 5.89 Å². The molecule has 0 spiro atoms. The number of hydrogen-bond donors (Lipinski definition) is 0. The molecule has 0 saturated heterocycles. The maximum atomic E-state index is 10.9. The fourth-order valence-electron chi connectivity index (χ4n) is 1.07. The van der Waals surface area contributed by atoms with Crippen LogP contribution < -0.4 is 0 Å². The molecule has 1 rings (SSSR count). The van der Waals surface area contributed by atoms with Crippen molar-refractivity contribution in [2.75, 3.05) is 34.0 Å². The lowest BCUT2D eigenvalue weighted by Gasteiger charge is -1.99. The maximum absolute atomic E-state index is 10.9. The van der Waals surface area contributed by atoms with Crippen LogP contribution in [0.3, 0.4) is 0 Å². The molecule has 0 aliphatic carbocycles. The van der Waals surface area contributed by atoms with E-state index >= 15 is 0 Å². The second-order valence-corrected chi connectivity index (χ2v) is 3.21. The molecule has 0 radical (unpaired) electrons. The minimum atomic E-state index is -0.406. The molecular formula is C10H16N2O5. The molecule has 0 aliphatic rings. The van der Waals surface area contributed by atoms with Crippen LogP contribution in [-0.2, 0) is 31.8 Å². The van der Waals surface area contributed by atoms with Gasteiger partial charge in [-0.1, -0.05) is 5.16 Å². The van der Waals surface area contributed by atoms with Gasteiger partial charge in [-0.15, -0.1) is 0 Å². The fraction of sp³-hybridized carbons (Fsp3) is 0.700. The molecule has 1 aromatic rings. The zero-order valence-corrected chi connectivity index (χ0v) is 9.97. The highest BCUT2D eigenvalue weighted by atomic mass is 16.5. The lowest BCUT2D eigenvalue weighted by atomic mass is 10.4. The van der Waals surface area contributed by atoms with Gasteiger partial charge in [0, 0.05) is 13.5 Å². The molecule has 1 aromatic heterocycles. The van der Waals surface area contributed by atoms with Gasteiger partial charge in [0.05, 0.1) is 26.9 Å². The number of rotatable bonds is 8. The van der Waals surface area contributed by atoms with E-state index in [1.807, 2.05) is 0 Å². The van der Waals surface area contributed by atoms with E-state index in [0.29, 0.717) is 32.1 Å². The summed E-state index contributed by atoms with van der Waals surface area (Å²) in [5, 5.41) is 3.72. The number of methoxy groups -OCH3 is 2. The van der Waals surface area contributed by atoms with Gasteiger partial charge in [-0.2, -0.15) is 4.98 Å². The van der Waals surface area contributed by atoms with Gasteiger partial charge in [-0.3, -0.25) is 4.79 Å². The summed E-state index contributed by atoms with van der Waals surface area (Å²) in [7, 11) is 2.92. The van der Waals surface area contributed by atoms with Crippen molar-refractivity contribution in [1.82, 2.24) is 10.1 Å². The highest BCUT2D eigenvalue weighted by molar-refractivity contribution is 5.70. The molecule has 0 bridgehead atoms. The molecule has 96 valence electrons. The van der Waals surface area contributed by atoms with Crippen LogP contribution in [-0.4, -0.2) is 50.2 Å². The highest BCUT2D eigenvalue weighted by Gasteiger charge is 2.10. The van der Waals surface area contributed by atoms with E-state index in [0.717, 1.165) is 0 Å². The van der Waals surface area contributed by atoms with Gasteiger partial charge in [0.15, 0.2) is 5.82 Å². The normalized spacial score (nSPS) is 10.5. The average molecular weight is 244 g/mol. The average Bonchev–Trinajstić information content (AvgIpc) is 2.76. The molecule has 0 N–H and O–H groups in total. The minimum absolute atomic E-state index is 0.00592. The van der Waals surface area contributed by atoms with Crippen molar-refractivity contribution in [2.45, 2.75) is 12.8 Å². The molecule has 7 nitrogen and oxygen atoms in total. The molecule has 0 aromatic carbocycles. The summed E-state index contributed by atoms with van der Waals surface area (Å²) in [5.74, 6) is 0.363. The van der Waals surface area contributed by atoms with Gasteiger partial charge in [0.25, 0.3) is 0 Å². The van der Waals surface area contributed by atoms with Gasteiger partial charge >= 0.3 is 5.97 Å². The Morgan fingerprint density at radius 3 is 2.82 bits per heavy atom. The number of carbonyl (C=O) groups is 1. The topological polar surface area (TPSA) is 83.7 Å². The second-order valence-electron chi connectivity index (χ2n) is 3.21. The third-order valence-electron chi connectivity index (χ3n) is 1.94. The molecule has 0 atom stereocenters. The Kier molecular flexibility index (Phi) is 6.19. The number of aromatic nitrogens is 2. The lowest BCUT2D eigenvalue weighted by Crippen LogP contribution is -2.06. The molecule has 0 saturated carbocycles. The highest BCUT2D eigenvalue weighted by Crippen LogP contribution is 2.00. The summed E-state index contributed by atoms with van der Waals surface area (Å²) in [5.41, 5.74) is 0. The molecule has 17 heavy (non-hydrogen) atoms. The van der Waals surface area contributed by atoms with Crippen molar-refractivity contribution < 1.29 is 23.5 Å². The molecular weight excluding hydrogens is 228 g/mol. The van der Waals surface area contributed by atoms with Crippen LogP contribution in [0.5, 0.6) is 0 Å². The first kappa shape index (κ1) is 13.6. The van der Waals surface area contributed by atoms with Crippen molar-refractivity contribution in [1.29, 1.82) is 0 Å². The largest absolute Gasteiger partial charge is 0.469 e. The van der Waals surface area contributed by atoms with E-state index in [4.69, 9.17) is 14.0 Å². The number of esters is 1. The van der Waals surface area contributed by atoms with E-state index in [1.165, 1.54) is 7.11 Å². The summed E-state index contributed by atoms with van der Waals surface area (Å²) >= 11 is 0. The monoisotopic (exact) mass is 244 g/mol. The smallest absolute Gasteiger partial charge is 0.315 e. The Balaban J connectivity index is 2.23. The summed E-state index contributed by atoms with van der Waals surface area (Å²) in [6.45, 7) is 1.57. The quantitative estimate of drug-likeness (QED) is 0.469. The number of ether oxygens (including phenoxy) is 3. The van der Waals surface area contributed by atoms with Crippen molar-refractivity contribution in [3.05, 3.63) is 11.7 Å². The standard InChI is InChI=1S/C10H16N2O5/c1-14-5-6-16-4-3-8-11-9(17-12-8)7-10(13)15-2/h3-7H2,1-2H3. The Morgan fingerprint density at radius 2 is 2.12 bits per heavy atom. The summed E-state index contributed by atoms with van der Waals surface area (Å²) < 4.78 is 19.4. The second kappa shape index (κ2) is 7.75.